The van der Waals surface area contributed by atoms with Crippen molar-refractivity contribution < 1.29 is 24.2 Å². The lowest BCUT2D eigenvalue weighted by Crippen LogP contribution is -2.53. The van der Waals surface area contributed by atoms with Gasteiger partial charge in [0.2, 0.25) is 5.91 Å². The Hall–Kier alpha value is -2.57. The van der Waals surface area contributed by atoms with Crippen molar-refractivity contribution in [3.63, 3.8) is 0 Å². The number of carboxylic acids is 1. The number of nitrogens with one attached hydrogen (secondary N) is 2. The van der Waals surface area contributed by atoms with Gasteiger partial charge in [0, 0.05) is 6.04 Å². The molecule has 7 heteroatoms. The summed E-state index contributed by atoms with van der Waals surface area (Å²) < 4.78 is 5.08. The van der Waals surface area contributed by atoms with E-state index in [0.717, 1.165) is 5.56 Å². The van der Waals surface area contributed by atoms with Crippen molar-refractivity contribution in [2.45, 2.75) is 25.5 Å². The van der Waals surface area contributed by atoms with E-state index in [0.29, 0.717) is 12.8 Å². The normalized spacial score (nSPS) is 19.6. The number of aliphatic carboxylic acids is 1. The van der Waals surface area contributed by atoms with Gasteiger partial charge in [-0.25, -0.2) is 4.79 Å². The maximum Gasteiger partial charge on any atom is 0.407 e. The fraction of sp³-hybridized carbons (Fsp3) is 0.400. The van der Waals surface area contributed by atoms with Gasteiger partial charge in [-0.05, 0) is 18.4 Å². The summed E-state index contributed by atoms with van der Waals surface area (Å²) in [6.07, 6.45) is 0.713. The number of rotatable bonds is 6. The second kappa shape index (κ2) is 7.44. The average molecular weight is 306 g/mol. The third-order valence-electron chi connectivity index (χ3n) is 3.54. The predicted octanol–water partition coefficient (Wildman–Crippen LogP) is 0.892. The molecule has 1 aliphatic rings. The van der Waals surface area contributed by atoms with Gasteiger partial charge in [0.05, 0.1) is 5.92 Å². The van der Waals surface area contributed by atoms with Crippen LogP contribution in [0.25, 0.3) is 0 Å². The topological polar surface area (TPSA) is 105 Å². The van der Waals surface area contributed by atoms with Gasteiger partial charge in [0.25, 0.3) is 0 Å². The predicted molar refractivity (Wildman–Crippen MR) is 76.9 cm³/mol. The number of carbonyl (C=O) groups excluding carboxylic acids is 2. The molecule has 1 aromatic carbocycles. The molecule has 0 aliphatic heterocycles. The van der Waals surface area contributed by atoms with Crippen molar-refractivity contribution in [2.24, 2.45) is 5.92 Å². The Balaban J connectivity index is 1.72. The zero-order valence-electron chi connectivity index (χ0n) is 12.0. The maximum absolute atomic E-state index is 11.7. The molecule has 3 N–H and O–H groups in total. The SMILES string of the molecule is O=C(O)CNC(=O)[C@@H]1CC[C@@H]1NC(=O)OCc1ccccc1. The largest absolute Gasteiger partial charge is 0.480 e. The van der Waals surface area contributed by atoms with Crippen LogP contribution in [0.15, 0.2) is 30.3 Å². The fourth-order valence-corrected chi connectivity index (χ4v) is 2.20. The Bertz CT molecular complexity index is 546. The number of amides is 2. The number of ether oxygens (including phenoxy) is 1. The summed E-state index contributed by atoms with van der Waals surface area (Å²) in [7, 11) is 0. The van der Waals surface area contributed by atoms with Gasteiger partial charge in [0.1, 0.15) is 13.2 Å². The van der Waals surface area contributed by atoms with E-state index in [9.17, 15) is 14.4 Å². The van der Waals surface area contributed by atoms with Gasteiger partial charge in [-0.2, -0.15) is 0 Å². The highest BCUT2D eigenvalue weighted by molar-refractivity contribution is 5.84. The monoisotopic (exact) mass is 306 g/mol. The third-order valence-corrected chi connectivity index (χ3v) is 3.54. The molecule has 2 amide bonds. The maximum atomic E-state index is 11.7. The first-order valence-electron chi connectivity index (χ1n) is 7.03. The lowest BCUT2D eigenvalue weighted by Gasteiger charge is -2.35. The Morgan fingerprint density at radius 1 is 1.18 bits per heavy atom. The summed E-state index contributed by atoms with van der Waals surface area (Å²) in [6, 6.07) is 8.96. The minimum Gasteiger partial charge on any atom is -0.480 e. The van der Waals surface area contributed by atoms with E-state index in [-0.39, 0.29) is 18.6 Å². The second-order valence-electron chi connectivity index (χ2n) is 5.11. The highest BCUT2D eigenvalue weighted by Crippen LogP contribution is 2.27. The van der Waals surface area contributed by atoms with Crippen LogP contribution in [0, 0.1) is 5.92 Å². The number of hydrogen-bond acceptors (Lipinski definition) is 4. The molecular formula is C15H18N2O5. The lowest BCUT2D eigenvalue weighted by molar-refractivity contribution is -0.139. The van der Waals surface area contributed by atoms with E-state index in [4.69, 9.17) is 9.84 Å². The second-order valence-corrected chi connectivity index (χ2v) is 5.11. The van der Waals surface area contributed by atoms with Crippen LogP contribution in [0.4, 0.5) is 4.79 Å². The Kier molecular flexibility index (Phi) is 5.35. The zero-order chi connectivity index (χ0) is 15.9. The molecule has 0 spiro atoms. The molecule has 118 valence electrons. The molecule has 1 aliphatic carbocycles. The number of benzene rings is 1. The van der Waals surface area contributed by atoms with Gasteiger partial charge in [-0.15, -0.1) is 0 Å². The molecule has 1 saturated carbocycles. The Morgan fingerprint density at radius 2 is 1.91 bits per heavy atom. The highest BCUT2D eigenvalue weighted by Gasteiger charge is 2.37. The first-order valence-corrected chi connectivity index (χ1v) is 7.03. The fourth-order valence-electron chi connectivity index (χ4n) is 2.20. The van der Waals surface area contributed by atoms with Crippen LogP contribution in [-0.2, 0) is 20.9 Å². The number of alkyl carbamates (subject to hydrolysis) is 1. The first-order chi connectivity index (χ1) is 10.6. The molecule has 2 rings (SSSR count). The van der Waals surface area contributed by atoms with Crippen LogP contribution >= 0.6 is 0 Å². The molecule has 0 radical (unpaired) electrons. The van der Waals surface area contributed by atoms with Gasteiger partial charge in [-0.3, -0.25) is 9.59 Å². The van der Waals surface area contributed by atoms with E-state index in [1.165, 1.54) is 0 Å². The van der Waals surface area contributed by atoms with Crippen LogP contribution in [0.3, 0.4) is 0 Å². The molecule has 0 heterocycles. The van der Waals surface area contributed by atoms with Crippen LogP contribution in [0.1, 0.15) is 18.4 Å². The molecule has 1 aromatic rings. The molecular weight excluding hydrogens is 288 g/mol. The third kappa shape index (κ3) is 4.47. The molecule has 22 heavy (non-hydrogen) atoms. The van der Waals surface area contributed by atoms with Crippen LogP contribution < -0.4 is 10.6 Å². The standard InChI is InChI=1S/C15H18N2O5/c18-13(19)8-16-14(20)11-6-7-12(11)17-15(21)22-9-10-4-2-1-3-5-10/h1-5,11-12H,6-9H2,(H,16,20)(H,17,21)(H,18,19)/t11-,12+/m1/s1. The summed E-state index contributed by atoms with van der Waals surface area (Å²) >= 11 is 0. The van der Waals surface area contributed by atoms with Gasteiger partial charge < -0.3 is 20.5 Å². The van der Waals surface area contributed by atoms with Crippen LogP contribution in [-0.4, -0.2) is 35.7 Å². The van der Waals surface area contributed by atoms with Gasteiger partial charge >= 0.3 is 12.1 Å². The molecule has 7 nitrogen and oxygen atoms in total. The van der Waals surface area contributed by atoms with E-state index in [1.807, 2.05) is 30.3 Å². The average Bonchev–Trinajstić information content (AvgIpc) is 2.48. The summed E-state index contributed by atoms with van der Waals surface area (Å²) in [5, 5.41) is 13.5. The molecule has 1 fully saturated rings. The lowest BCUT2D eigenvalue weighted by atomic mass is 9.79. The quantitative estimate of drug-likeness (QED) is 0.724. The number of hydrogen-bond donors (Lipinski definition) is 3. The van der Waals surface area contributed by atoms with Crippen molar-refractivity contribution in [1.29, 1.82) is 0 Å². The van der Waals surface area contributed by atoms with Crippen LogP contribution in [0.2, 0.25) is 0 Å². The summed E-state index contributed by atoms with van der Waals surface area (Å²) in [6.45, 7) is -0.254. The minimum atomic E-state index is -1.10. The molecule has 2 atom stereocenters. The molecule has 0 saturated heterocycles. The number of carboxylic acid groups (broad SMARTS) is 1. The highest BCUT2D eigenvalue weighted by atomic mass is 16.5. The zero-order valence-corrected chi connectivity index (χ0v) is 12.0. The van der Waals surface area contributed by atoms with Crippen molar-refractivity contribution >= 4 is 18.0 Å². The number of carbonyl (C=O) groups is 3. The van der Waals surface area contributed by atoms with Crippen molar-refractivity contribution in [3.8, 4) is 0 Å². The summed E-state index contributed by atoms with van der Waals surface area (Å²) in [4.78, 5) is 33.8. The van der Waals surface area contributed by atoms with Gasteiger partial charge in [0.15, 0.2) is 0 Å². The van der Waals surface area contributed by atoms with Crippen molar-refractivity contribution in [1.82, 2.24) is 10.6 Å². The molecule has 0 bridgehead atoms. The Morgan fingerprint density at radius 3 is 2.50 bits per heavy atom. The molecule has 0 aromatic heterocycles. The van der Waals surface area contributed by atoms with Gasteiger partial charge in [-0.1, -0.05) is 30.3 Å². The van der Waals surface area contributed by atoms with E-state index in [2.05, 4.69) is 10.6 Å². The van der Waals surface area contributed by atoms with Crippen molar-refractivity contribution in [3.05, 3.63) is 35.9 Å². The van der Waals surface area contributed by atoms with E-state index < -0.39 is 24.5 Å². The minimum absolute atomic E-state index is 0.162. The smallest absolute Gasteiger partial charge is 0.407 e. The summed E-state index contributed by atoms with van der Waals surface area (Å²) in [5.74, 6) is -1.86. The first kappa shape index (κ1) is 15.8. The van der Waals surface area contributed by atoms with E-state index >= 15 is 0 Å². The summed E-state index contributed by atoms with van der Waals surface area (Å²) in [5.41, 5.74) is 0.877. The van der Waals surface area contributed by atoms with Crippen LogP contribution in [0.5, 0.6) is 0 Å². The van der Waals surface area contributed by atoms with E-state index in [1.54, 1.807) is 0 Å². The molecule has 0 unspecified atom stereocenters. The van der Waals surface area contributed by atoms with Crippen molar-refractivity contribution in [2.75, 3.05) is 6.54 Å². The Labute approximate surface area is 127 Å².